The smallest absolute Gasteiger partial charge is 0.266 e. The van der Waals surface area contributed by atoms with E-state index in [9.17, 15) is 10.1 Å². The third-order valence-electron chi connectivity index (χ3n) is 5.12. The van der Waals surface area contributed by atoms with Gasteiger partial charge in [0.15, 0.2) is 11.5 Å². The normalized spacial score (nSPS) is 11.0. The summed E-state index contributed by atoms with van der Waals surface area (Å²) in [6.07, 6.45) is 2.35. The van der Waals surface area contributed by atoms with Crippen LogP contribution in [0.15, 0.2) is 66.2 Å². The van der Waals surface area contributed by atoms with E-state index in [0.717, 1.165) is 21.1 Å². The molecular formula is C28H27IN2O3. The Morgan fingerprint density at radius 2 is 1.88 bits per heavy atom. The maximum absolute atomic E-state index is 12.8. The van der Waals surface area contributed by atoms with Gasteiger partial charge in [-0.3, -0.25) is 4.79 Å². The number of nitrogens with zero attached hydrogens (tertiary/aromatic N) is 1. The van der Waals surface area contributed by atoms with Crippen molar-refractivity contribution >= 4 is 40.3 Å². The van der Waals surface area contributed by atoms with Crippen molar-refractivity contribution in [2.24, 2.45) is 0 Å². The molecule has 174 valence electrons. The number of hydrogen-bond donors (Lipinski definition) is 1. The van der Waals surface area contributed by atoms with Crippen molar-refractivity contribution in [2.45, 2.75) is 33.8 Å². The lowest BCUT2D eigenvalue weighted by molar-refractivity contribution is -0.112. The molecule has 0 saturated carbocycles. The summed E-state index contributed by atoms with van der Waals surface area (Å²) in [5.41, 5.74) is 4.66. The lowest BCUT2D eigenvalue weighted by Crippen LogP contribution is -2.14. The molecule has 0 heterocycles. The van der Waals surface area contributed by atoms with Gasteiger partial charge in [0.05, 0.1) is 10.2 Å². The van der Waals surface area contributed by atoms with Gasteiger partial charge in [0, 0.05) is 5.69 Å². The first-order chi connectivity index (χ1) is 16.4. The van der Waals surface area contributed by atoms with Crippen LogP contribution in [0.4, 0.5) is 5.69 Å². The van der Waals surface area contributed by atoms with Crippen molar-refractivity contribution in [3.05, 3.63) is 92.1 Å². The van der Waals surface area contributed by atoms with Gasteiger partial charge in [-0.1, -0.05) is 55.0 Å². The van der Waals surface area contributed by atoms with E-state index in [2.05, 4.69) is 34.0 Å². The number of ether oxygens (including phenoxy) is 2. The second kappa shape index (κ2) is 12.2. The Labute approximate surface area is 214 Å². The first-order valence-electron chi connectivity index (χ1n) is 11.1. The number of benzene rings is 3. The zero-order valence-electron chi connectivity index (χ0n) is 19.5. The van der Waals surface area contributed by atoms with E-state index < -0.39 is 5.91 Å². The van der Waals surface area contributed by atoms with Crippen molar-refractivity contribution in [3.8, 4) is 17.6 Å². The second-order valence-electron chi connectivity index (χ2n) is 7.68. The summed E-state index contributed by atoms with van der Waals surface area (Å²) >= 11 is 2.19. The van der Waals surface area contributed by atoms with Crippen molar-refractivity contribution in [2.75, 3.05) is 11.9 Å². The van der Waals surface area contributed by atoms with Crippen LogP contribution in [-0.4, -0.2) is 12.5 Å². The Kier molecular flexibility index (Phi) is 9.11. The molecule has 6 heteroatoms. The van der Waals surface area contributed by atoms with Crippen LogP contribution in [0, 0.1) is 21.8 Å². The molecule has 3 aromatic rings. The molecule has 3 rings (SSSR count). The lowest BCUT2D eigenvalue weighted by atomic mass is 10.1. The molecule has 0 radical (unpaired) electrons. The maximum Gasteiger partial charge on any atom is 0.266 e. The van der Waals surface area contributed by atoms with Gasteiger partial charge in [0.2, 0.25) is 0 Å². The van der Waals surface area contributed by atoms with E-state index in [0.29, 0.717) is 36.0 Å². The molecule has 0 atom stereocenters. The average Bonchev–Trinajstić information content (AvgIpc) is 2.82. The fourth-order valence-corrected chi connectivity index (χ4v) is 4.27. The number of carbonyl (C=O) groups is 1. The number of anilines is 1. The number of amides is 1. The number of hydrogen-bond acceptors (Lipinski definition) is 4. The number of carbonyl (C=O) groups excluding carboxylic acids is 1. The summed E-state index contributed by atoms with van der Waals surface area (Å²) < 4.78 is 12.8. The van der Waals surface area contributed by atoms with Gasteiger partial charge in [-0.05, 0) is 83.8 Å². The summed E-state index contributed by atoms with van der Waals surface area (Å²) in [4.78, 5) is 12.8. The van der Waals surface area contributed by atoms with Gasteiger partial charge >= 0.3 is 0 Å². The zero-order valence-corrected chi connectivity index (χ0v) is 21.7. The van der Waals surface area contributed by atoms with Crippen LogP contribution in [-0.2, 0) is 17.8 Å². The Bertz CT molecular complexity index is 1240. The van der Waals surface area contributed by atoms with Crippen molar-refractivity contribution < 1.29 is 14.3 Å². The molecule has 0 aliphatic heterocycles. The zero-order chi connectivity index (χ0) is 24.5. The average molecular weight is 566 g/mol. The van der Waals surface area contributed by atoms with Gasteiger partial charge in [-0.2, -0.15) is 5.26 Å². The number of nitriles is 1. The van der Waals surface area contributed by atoms with E-state index >= 15 is 0 Å². The van der Waals surface area contributed by atoms with Gasteiger partial charge < -0.3 is 14.8 Å². The molecule has 0 bridgehead atoms. The van der Waals surface area contributed by atoms with Crippen molar-refractivity contribution in [1.82, 2.24) is 0 Å². The molecule has 0 unspecified atom stereocenters. The molecule has 5 nitrogen and oxygen atoms in total. The minimum Gasteiger partial charge on any atom is -0.490 e. The molecule has 1 N–H and O–H groups in total. The predicted molar refractivity (Wildman–Crippen MR) is 144 cm³/mol. The third-order valence-corrected chi connectivity index (χ3v) is 5.92. The summed E-state index contributed by atoms with van der Waals surface area (Å²) in [6.45, 7) is 6.84. The van der Waals surface area contributed by atoms with E-state index in [4.69, 9.17) is 9.47 Å². The van der Waals surface area contributed by atoms with Crippen LogP contribution in [0.3, 0.4) is 0 Å². The summed E-state index contributed by atoms with van der Waals surface area (Å²) in [5, 5.41) is 12.5. The van der Waals surface area contributed by atoms with E-state index in [-0.39, 0.29) is 5.57 Å². The summed E-state index contributed by atoms with van der Waals surface area (Å²) in [5.74, 6) is 0.763. The Morgan fingerprint density at radius 3 is 2.59 bits per heavy atom. The van der Waals surface area contributed by atoms with Crippen LogP contribution in [0.2, 0.25) is 0 Å². The van der Waals surface area contributed by atoms with E-state index in [1.807, 2.05) is 75.4 Å². The van der Waals surface area contributed by atoms with Gasteiger partial charge in [-0.25, -0.2) is 0 Å². The molecule has 0 aromatic heterocycles. The van der Waals surface area contributed by atoms with E-state index in [1.54, 1.807) is 12.1 Å². The molecule has 1 amide bonds. The fraction of sp³-hybridized carbons (Fsp3) is 0.214. The summed E-state index contributed by atoms with van der Waals surface area (Å²) in [7, 11) is 0. The number of nitrogens with one attached hydrogen (secondary N) is 1. The van der Waals surface area contributed by atoms with Crippen LogP contribution in [0.25, 0.3) is 6.08 Å². The fourth-order valence-electron chi connectivity index (χ4n) is 3.49. The Balaban J connectivity index is 1.86. The molecule has 0 aliphatic carbocycles. The highest BCUT2D eigenvalue weighted by molar-refractivity contribution is 14.1. The lowest BCUT2D eigenvalue weighted by Gasteiger charge is -2.15. The van der Waals surface area contributed by atoms with Gasteiger partial charge in [-0.15, -0.1) is 0 Å². The number of halogens is 1. The Morgan fingerprint density at radius 1 is 1.09 bits per heavy atom. The van der Waals surface area contributed by atoms with Crippen LogP contribution in [0.1, 0.15) is 36.1 Å². The van der Waals surface area contributed by atoms with Crippen LogP contribution in [0.5, 0.6) is 11.5 Å². The molecule has 0 aliphatic rings. The first kappa shape index (κ1) is 25.3. The highest BCUT2D eigenvalue weighted by Crippen LogP contribution is 2.35. The largest absolute Gasteiger partial charge is 0.490 e. The maximum atomic E-state index is 12.8. The molecule has 0 spiro atoms. The van der Waals surface area contributed by atoms with Crippen molar-refractivity contribution in [1.29, 1.82) is 5.26 Å². The van der Waals surface area contributed by atoms with Crippen molar-refractivity contribution in [3.63, 3.8) is 0 Å². The summed E-state index contributed by atoms with van der Waals surface area (Å²) in [6, 6.07) is 21.4. The monoisotopic (exact) mass is 566 g/mol. The molecular weight excluding hydrogens is 539 g/mol. The highest BCUT2D eigenvalue weighted by atomic mass is 127. The third kappa shape index (κ3) is 6.61. The minimum absolute atomic E-state index is 0.0117. The molecule has 3 aromatic carbocycles. The Hall–Kier alpha value is -3.31. The highest BCUT2D eigenvalue weighted by Gasteiger charge is 2.15. The number of rotatable bonds is 9. The number of para-hydroxylation sites is 1. The standard InChI is InChI=1S/C28H27IN2O3/c1-4-22-11-6-7-12-25(22)31-28(32)23(17-30)14-21-15-24(29)27(26(16-21)33-5-2)34-18-20-10-8-9-19(3)13-20/h6-16H,4-5,18H2,1-3H3,(H,31,32)/b23-14+. The quantitative estimate of drug-likeness (QED) is 0.178. The SMILES string of the molecule is CCOc1cc(/C=C(\C#N)C(=O)Nc2ccccc2CC)cc(I)c1OCc1cccc(C)c1. The molecule has 0 fully saturated rings. The van der Waals surface area contributed by atoms with Crippen LogP contribution < -0.4 is 14.8 Å². The molecule has 34 heavy (non-hydrogen) atoms. The van der Waals surface area contributed by atoms with Crippen LogP contribution >= 0.6 is 22.6 Å². The second-order valence-corrected chi connectivity index (χ2v) is 8.84. The van der Waals surface area contributed by atoms with E-state index in [1.165, 1.54) is 5.56 Å². The number of aryl methyl sites for hydroxylation is 2. The minimum atomic E-state index is -0.448. The topological polar surface area (TPSA) is 71.3 Å². The first-order valence-corrected chi connectivity index (χ1v) is 12.2. The van der Waals surface area contributed by atoms with Gasteiger partial charge in [0.25, 0.3) is 5.91 Å². The predicted octanol–water partition coefficient (Wildman–Crippen LogP) is 6.69. The van der Waals surface area contributed by atoms with Gasteiger partial charge in [0.1, 0.15) is 18.2 Å². The molecule has 0 saturated heterocycles.